The first-order chi connectivity index (χ1) is 2.56. The first-order valence-electron chi connectivity index (χ1n) is 1.81. The molecule has 0 N–H and O–H groups in total. The van der Waals surface area contributed by atoms with Gasteiger partial charge in [0.2, 0.25) is 0 Å². The standard InChI is InChI=1S/C4H8F2/c1-4(2,6)3-5/h3H2,1-2H3. The molecule has 0 bridgehead atoms. The smallest absolute Gasteiger partial charge is 0.133 e. The van der Waals surface area contributed by atoms with Crippen molar-refractivity contribution >= 4 is 0 Å². The van der Waals surface area contributed by atoms with Crippen molar-refractivity contribution in [2.75, 3.05) is 6.67 Å². The molecular formula is C4H8F2. The Labute approximate surface area is 36.2 Å². The lowest BCUT2D eigenvalue weighted by atomic mass is 10.2. The van der Waals surface area contributed by atoms with Gasteiger partial charge in [0.25, 0.3) is 0 Å². The number of halogens is 2. The summed E-state index contributed by atoms with van der Waals surface area (Å²) in [6.07, 6.45) is 0. The fraction of sp³-hybridized carbons (Fsp3) is 1.00. The Morgan fingerprint density at radius 1 is 1.50 bits per heavy atom. The lowest BCUT2D eigenvalue weighted by molar-refractivity contribution is 0.165. The van der Waals surface area contributed by atoms with Crippen molar-refractivity contribution in [3.63, 3.8) is 0 Å². The van der Waals surface area contributed by atoms with Crippen LogP contribution in [0.4, 0.5) is 8.78 Å². The Hall–Kier alpha value is -0.140. The Balaban J connectivity index is 3.17. The van der Waals surface area contributed by atoms with Gasteiger partial charge in [0.15, 0.2) is 0 Å². The van der Waals surface area contributed by atoms with E-state index in [1.807, 2.05) is 0 Å². The molecule has 0 aliphatic carbocycles. The lowest BCUT2D eigenvalue weighted by Crippen LogP contribution is -2.13. The molecule has 38 valence electrons. The Morgan fingerprint density at radius 3 is 1.67 bits per heavy atom. The minimum absolute atomic E-state index is 0.896. The minimum atomic E-state index is -1.62. The summed E-state index contributed by atoms with van der Waals surface area (Å²) in [5.41, 5.74) is -1.62. The number of hydrogen-bond acceptors (Lipinski definition) is 0. The average molecular weight is 94.1 g/mol. The maximum Gasteiger partial charge on any atom is 0.133 e. The van der Waals surface area contributed by atoms with Crippen LogP contribution in [0.5, 0.6) is 0 Å². The van der Waals surface area contributed by atoms with Gasteiger partial charge >= 0.3 is 0 Å². The largest absolute Gasteiger partial charge is 0.248 e. The van der Waals surface area contributed by atoms with Gasteiger partial charge in [0.1, 0.15) is 12.3 Å². The van der Waals surface area contributed by atoms with Gasteiger partial charge in [0.05, 0.1) is 0 Å². The maximum atomic E-state index is 11.7. The molecule has 0 spiro atoms. The summed E-state index contributed by atoms with van der Waals surface area (Å²) in [6.45, 7) is 1.51. The Bertz CT molecular complexity index is 35.3. The molecule has 0 saturated heterocycles. The van der Waals surface area contributed by atoms with Gasteiger partial charge in [-0.05, 0) is 13.8 Å². The fourth-order valence-electron chi connectivity index (χ4n) is 0. The van der Waals surface area contributed by atoms with E-state index in [0.717, 1.165) is 0 Å². The Kier molecular flexibility index (Phi) is 1.50. The SMILES string of the molecule is CC(C)(F)CF. The molecule has 0 heterocycles. The molecule has 0 radical (unpaired) electrons. The van der Waals surface area contributed by atoms with Gasteiger partial charge in [-0.2, -0.15) is 0 Å². The zero-order valence-corrected chi connectivity index (χ0v) is 3.96. The molecule has 0 aromatic carbocycles. The normalized spacial score (nSPS) is 12.0. The third kappa shape index (κ3) is 3.86. The first-order valence-corrected chi connectivity index (χ1v) is 1.81. The van der Waals surface area contributed by atoms with Gasteiger partial charge < -0.3 is 0 Å². The minimum Gasteiger partial charge on any atom is -0.248 e. The summed E-state index contributed by atoms with van der Waals surface area (Å²) in [5.74, 6) is 0. The van der Waals surface area contributed by atoms with Gasteiger partial charge in [-0.3, -0.25) is 0 Å². The molecule has 0 aliphatic heterocycles. The van der Waals surface area contributed by atoms with E-state index in [4.69, 9.17) is 0 Å². The van der Waals surface area contributed by atoms with E-state index in [1.54, 1.807) is 0 Å². The van der Waals surface area contributed by atoms with Gasteiger partial charge in [-0.1, -0.05) is 0 Å². The van der Waals surface area contributed by atoms with E-state index in [1.165, 1.54) is 13.8 Å². The summed E-state index contributed by atoms with van der Waals surface area (Å²) in [6, 6.07) is 0. The predicted octanol–water partition coefficient (Wildman–Crippen LogP) is 1.70. The van der Waals surface area contributed by atoms with Crippen molar-refractivity contribution in [2.45, 2.75) is 19.5 Å². The van der Waals surface area contributed by atoms with E-state index in [0.29, 0.717) is 0 Å². The molecular weight excluding hydrogens is 86.0 g/mol. The van der Waals surface area contributed by atoms with Crippen LogP contribution in [0.3, 0.4) is 0 Å². The molecule has 0 rings (SSSR count). The van der Waals surface area contributed by atoms with Crippen LogP contribution in [0.2, 0.25) is 0 Å². The number of alkyl halides is 2. The third-order valence-electron chi connectivity index (χ3n) is 0.318. The van der Waals surface area contributed by atoms with Crippen LogP contribution in [0, 0.1) is 0 Å². The van der Waals surface area contributed by atoms with Gasteiger partial charge in [-0.25, -0.2) is 8.78 Å². The van der Waals surface area contributed by atoms with Crippen molar-refractivity contribution in [1.29, 1.82) is 0 Å². The summed E-state index contributed by atoms with van der Waals surface area (Å²) in [5, 5.41) is 0. The molecule has 0 unspecified atom stereocenters. The molecule has 0 saturated carbocycles. The monoisotopic (exact) mass is 94.1 g/mol. The highest BCUT2D eigenvalue weighted by molar-refractivity contribution is 4.61. The maximum absolute atomic E-state index is 11.7. The molecule has 0 aromatic rings. The van der Waals surface area contributed by atoms with Crippen molar-refractivity contribution in [3.05, 3.63) is 0 Å². The van der Waals surface area contributed by atoms with E-state index in [2.05, 4.69) is 0 Å². The van der Waals surface area contributed by atoms with Crippen molar-refractivity contribution < 1.29 is 8.78 Å². The van der Waals surface area contributed by atoms with E-state index >= 15 is 0 Å². The zero-order valence-electron chi connectivity index (χ0n) is 3.96. The van der Waals surface area contributed by atoms with E-state index in [9.17, 15) is 8.78 Å². The third-order valence-corrected chi connectivity index (χ3v) is 0.318. The van der Waals surface area contributed by atoms with Crippen LogP contribution in [0.25, 0.3) is 0 Å². The predicted molar refractivity (Wildman–Crippen MR) is 21.2 cm³/mol. The van der Waals surface area contributed by atoms with Crippen LogP contribution in [0.1, 0.15) is 13.8 Å². The Morgan fingerprint density at radius 2 is 1.67 bits per heavy atom. The molecule has 2 heteroatoms. The summed E-state index contributed by atoms with van der Waals surface area (Å²) in [4.78, 5) is 0. The highest BCUT2D eigenvalue weighted by Gasteiger charge is 2.12. The van der Waals surface area contributed by atoms with Crippen molar-refractivity contribution in [1.82, 2.24) is 0 Å². The van der Waals surface area contributed by atoms with Crippen LogP contribution in [-0.4, -0.2) is 12.3 Å². The van der Waals surface area contributed by atoms with Gasteiger partial charge in [-0.15, -0.1) is 0 Å². The highest BCUT2D eigenvalue weighted by Crippen LogP contribution is 2.06. The second-order valence-electron chi connectivity index (χ2n) is 1.85. The quantitative estimate of drug-likeness (QED) is 0.464. The summed E-state index contributed by atoms with van der Waals surface area (Å²) in [7, 11) is 0. The number of hydrogen-bond donors (Lipinski definition) is 0. The van der Waals surface area contributed by atoms with Crippen molar-refractivity contribution in [2.24, 2.45) is 0 Å². The van der Waals surface area contributed by atoms with Crippen LogP contribution < -0.4 is 0 Å². The number of rotatable bonds is 1. The van der Waals surface area contributed by atoms with E-state index < -0.39 is 12.3 Å². The van der Waals surface area contributed by atoms with E-state index in [-0.39, 0.29) is 0 Å². The topological polar surface area (TPSA) is 0 Å². The molecule has 0 aliphatic rings. The van der Waals surface area contributed by atoms with Gasteiger partial charge in [0, 0.05) is 0 Å². The molecule has 6 heavy (non-hydrogen) atoms. The molecule has 0 fully saturated rings. The first kappa shape index (κ1) is 5.86. The van der Waals surface area contributed by atoms with Crippen LogP contribution in [0.15, 0.2) is 0 Å². The lowest BCUT2D eigenvalue weighted by Gasteiger charge is -2.04. The molecule has 0 nitrogen and oxygen atoms in total. The average Bonchev–Trinajstić information content (AvgIpc) is 1.35. The zero-order chi connectivity index (χ0) is 5.21. The molecule has 0 amide bonds. The molecule has 0 aromatic heterocycles. The summed E-state index contributed by atoms with van der Waals surface area (Å²) >= 11 is 0. The highest BCUT2D eigenvalue weighted by atomic mass is 19.2. The van der Waals surface area contributed by atoms with Crippen molar-refractivity contribution in [3.8, 4) is 0 Å². The second kappa shape index (κ2) is 1.54. The fourth-order valence-corrected chi connectivity index (χ4v) is 0. The second-order valence-corrected chi connectivity index (χ2v) is 1.85. The van der Waals surface area contributed by atoms with Crippen LogP contribution in [-0.2, 0) is 0 Å². The molecule has 0 atom stereocenters. The van der Waals surface area contributed by atoms with Crippen LogP contribution >= 0.6 is 0 Å². The summed E-state index contributed by atoms with van der Waals surface area (Å²) < 4.78 is 22.9.